The van der Waals surface area contributed by atoms with E-state index >= 15 is 0 Å². The van der Waals surface area contributed by atoms with Gasteiger partial charge in [0, 0.05) is 11.8 Å². The van der Waals surface area contributed by atoms with E-state index in [1.54, 1.807) is 0 Å². The molecule has 0 aromatic heterocycles. The molecule has 0 saturated heterocycles. The molecule has 0 fully saturated rings. The smallest absolute Gasteiger partial charge is 0.262 e. The lowest BCUT2D eigenvalue weighted by molar-refractivity contribution is -0.118. The molecule has 0 heterocycles. The average Bonchev–Trinajstić information content (AvgIpc) is 2.44. The lowest BCUT2D eigenvalue weighted by Gasteiger charge is -2.13. The molecule has 1 amide bonds. The third kappa shape index (κ3) is 3.81. The largest absolute Gasteiger partial charge is 0.484 e. The molecule has 0 saturated carbocycles. The standard InChI is InChI=1S/C17H17F2NO2/c1-10-6-11(2)17(12(3)7-10)20-16(21)9-22-13-4-5-14(18)15(19)8-13/h4-8H,9H2,1-3H3,(H,20,21). The third-order valence-electron chi connectivity index (χ3n) is 3.20. The topological polar surface area (TPSA) is 38.3 Å². The minimum atomic E-state index is -1.01. The van der Waals surface area contributed by atoms with E-state index in [2.05, 4.69) is 5.32 Å². The molecule has 2 aromatic rings. The molecular weight excluding hydrogens is 288 g/mol. The van der Waals surface area contributed by atoms with Crippen LogP contribution in [0.25, 0.3) is 0 Å². The summed E-state index contributed by atoms with van der Waals surface area (Å²) < 4.78 is 31.0. The van der Waals surface area contributed by atoms with Gasteiger partial charge >= 0.3 is 0 Å². The number of anilines is 1. The molecule has 0 aliphatic carbocycles. The SMILES string of the molecule is Cc1cc(C)c(NC(=O)COc2ccc(F)c(F)c2)c(C)c1. The van der Waals surface area contributed by atoms with Crippen LogP contribution in [-0.4, -0.2) is 12.5 Å². The van der Waals surface area contributed by atoms with E-state index in [9.17, 15) is 13.6 Å². The normalized spacial score (nSPS) is 10.4. The highest BCUT2D eigenvalue weighted by molar-refractivity contribution is 5.93. The Kier molecular flexibility index (Phi) is 4.75. The second-order valence-electron chi connectivity index (χ2n) is 5.19. The summed E-state index contributed by atoms with van der Waals surface area (Å²) in [6, 6.07) is 7.08. The lowest BCUT2D eigenvalue weighted by Crippen LogP contribution is -2.21. The summed E-state index contributed by atoms with van der Waals surface area (Å²) in [7, 11) is 0. The summed E-state index contributed by atoms with van der Waals surface area (Å²) in [6.07, 6.45) is 0. The van der Waals surface area contributed by atoms with Gasteiger partial charge < -0.3 is 10.1 Å². The number of amides is 1. The Labute approximate surface area is 127 Å². The van der Waals surface area contributed by atoms with Gasteiger partial charge in [-0.3, -0.25) is 4.79 Å². The zero-order valence-corrected chi connectivity index (χ0v) is 12.7. The molecule has 2 aromatic carbocycles. The van der Waals surface area contributed by atoms with Crippen molar-refractivity contribution in [1.29, 1.82) is 0 Å². The van der Waals surface area contributed by atoms with Gasteiger partial charge in [-0.15, -0.1) is 0 Å². The van der Waals surface area contributed by atoms with Crippen LogP contribution in [0, 0.1) is 32.4 Å². The number of carbonyl (C=O) groups is 1. The zero-order chi connectivity index (χ0) is 16.3. The van der Waals surface area contributed by atoms with Gasteiger partial charge in [0.15, 0.2) is 18.2 Å². The van der Waals surface area contributed by atoms with E-state index in [4.69, 9.17) is 4.74 Å². The van der Waals surface area contributed by atoms with E-state index < -0.39 is 11.6 Å². The second-order valence-corrected chi connectivity index (χ2v) is 5.19. The number of ether oxygens (including phenoxy) is 1. The molecular formula is C17H17F2NO2. The summed E-state index contributed by atoms with van der Waals surface area (Å²) in [5, 5.41) is 2.77. The van der Waals surface area contributed by atoms with E-state index in [-0.39, 0.29) is 18.3 Å². The van der Waals surface area contributed by atoms with Crippen molar-refractivity contribution in [2.75, 3.05) is 11.9 Å². The van der Waals surface area contributed by atoms with Crippen LogP contribution in [0.4, 0.5) is 14.5 Å². The van der Waals surface area contributed by atoms with Crippen molar-refractivity contribution in [1.82, 2.24) is 0 Å². The summed E-state index contributed by atoms with van der Waals surface area (Å²) in [6.45, 7) is 5.52. The van der Waals surface area contributed by atoms with Gasteiger partial charge in [0.05, 0.1) is 0 Å². The number of benzene rings is 2. The number of halogens is 2. The quantitative estimate of drug-likeness (QED) is 0.930. The fourth-order valence-corrected chi connectivity index (χ4v) is 2.27. The van der Waals surface area contributed by atoms with Gasteiger partial charge in [-0.1, -0.05) is 17.7 Å². The molecule has 0 spiro atoms. The van der Waals surface area contributed by atoms with Crippen molar-refractivity contribution < 1.29 is 18.3 Å². The van der Waals surface area contributed by atoms with Crippen LogP contribution in [0.2, 0.25) is 0 Å². The van der Waals surface area contributed by atoms with E-state index in [1.165, 1.54) is 6.07 Å². The highest BCUT2D eigenvalue weighted by atomic mass is 19.2. The average molecular weight is 305 g/mol. The second kappa shape index (κ2) is 6.56. The third-order valence-corrected chi connectivity index (χ3v) is 3.20. The van der Waals surface area contributed by atoms with Crippen molar-refractivity contribution in [3.63, 3.8) is 0 Å². The number of hydrogen-bond donors (Lipinski definition) is 1. The van der Waals surface area contributed by atoms with Gasteiger partial charge in [-0.05, 0) is 44.0 Å². The highest BCUT2D eigenvalue weighted by Gasteiger charge is 2.10. The summed E-state index contributed by atoms with van der Waals surface area (Å²) in [4.78, 5) is 11.9. The van der Waals surface area contributed by atoms with E-state index in [0.29, 0.717) is 0 Å². The Morgan fingerprint density at radius 1 is 1.05 bits per heavy atom. The first kappa shape index (κ1) is 15.9. The fraction of sp³-hybridized carbons (Fsp3) is 0.235. The van der Waals surface area contributed by atoms with Gasteiger partial charge in [-0.25, -0.2) is 8.78 Å². The highest BCUT2D eigenvalue weighted by Crippen LogP contribution is 2.22. The number of rotatable bonds is 4. The number of aryl methyl sites for hydroxylation is 3. The first-order valence-corrected chi connectivity index (χ1v) is 6.82. The summed E-state index contributed by atoms with van der Waals surface area (Å²) in [5.41, 5.74) is 3.77. The number of hydrogen-bond acceptors (Lipinski definition) is 2. The lowest BCUT2D eigenvalue weighted by atomic mass is 10.1. The van der Waals surface area contributed by atoms with E-state index in [1.807, 2.05) is 32.9 Å². The fourth-order valence-electron chi connectivity index (χ4n) is 2.27. The Morgan fingerprint density at radius 2 is 1.68 bits per heavy atom. The van der Waals surface area contributed by atoms with Crippen LogP contribution in [0.5, 0.6) is 5.75 Å². The summed E-state index contributed by atoms with van der Waals surface area (Å²) >= 11 is 0. The molecule has 3 nitrogen and oxygen atoms in total. The Hall–Kier alpha value is -2.43. The molecule has 5 heteroatoms. The van der Waals surface area contributed by atoms with Gasteiger partial charge in [0.1, 0.15) is 5.75 Å². The van der Waals surface area contributed by atoms with Crippen LogP contribution >= 0.6 is 0 Å². The molecule has 0 aliphatic rings. The molecule has 0 atom stereocenters. The predicted molar refractivity (Wildman–Crippen MR) is 81.1 cm³/mol. The molecule has 22 heavy (non-hydrogen) atoms. The minimum Gasteiger partial charge on any atom is -0.484 e. The Bertz CT molecular complexity index is 691. The summed E-state index contributed by atoms with van der Waals surface area (Å²) in [5.74, 6) is -2.22. The Morgan fingerprint density at radius 3 is 2.27 bits per heavy atom. The molecule has 0 unspecified atom stereocenters. The Balaban J connectivity index is 2.00. The van der Waals surface area contributed by atoms with Crippen molar-refractivity contribution in [3.05, 3.63) is 58.7 Å². The molecule has 116 valence electrons. The van der Waals surface area contributed by atoms with Crippen LogP contribution in [-0.2, 0) is 4.79 Å². The maximum Gasteiger partial charge on any atom is 0.262 e. The maximum atomic E-state index is 13.0. The monoisotopic (exact) mass is 305 g/mol. The van der Waals surface area contributed by atoms with Crippen molar-refractivity contribution in [2.24, 2.45) is 0 Å². The first-order valence-electron chi connectivity index (χ1n) is 6.82. The van der Waals surface area contributed by atoms with Crippen molar-refractivity contribution in [3.8, 4) is 5.75 Å². The molecule has 0 radical (unpaired) electrons. The van der Waals surface area contributed by atoms with Crippen molar-refractivity contribution in [2.45, 2.75) is 20.8 Å². The molecule has 1 N–H and O–H groups in total. The van der Waals surface area contributed by atoms with Gasteiger partial charge in [0.2, 0.25) is 0 Å². The molecule has 0 bridgehead atoms. The molecule has 2 rings (SSSR count). The first-order chi connectivity index (χ1) is 10.4. The maximum absolute atomic E-state index is 13.0. The van der Waals surface area contributed by atoms with Crippen LogP contribution < -0.4 is 10.1 Å². The van der Waals surface area contributed by atoms with Gasteiger partial charge in [-0.2, -0.15) is 0 Å². The zero-order valence-electron chi connectivity index (χ0n) is 12.7. The predicted octanol–water partition coefficient (Wildman–Crippen LogP) is 3.91. The van der Waals surface area contributed by atoms with Crippen LogP contribution in [0.3, 0.4) is 0 Å². The number of carbonyl (C=O) groups excluding carboxylic acids is 1. The van der Waals surface area contributed by atoms with Crippen LogP contribution in [0.15, 0.2) is 30.3 Å². The van der Waals surface area contributed by atoms with Crippen LogP contribution in [0.1, 0.15) is 16.7 Å². The number of nitrogens with one attached hydrogen (secondary N) is 1. The van der Waals surface area contributed by atoms with E-state index in [0.717, 1.165) is 34.5 Å². The minimum absolute atomic E-state index is 0.103. The van der Waals surface area contributed by atoms with Gasteiger partial charge in [0.25, 0.3) is 5.91 Å². The van der Waals surface area contributed by atoms with Crippen molar-refractivity contribution >= 4 is 11.6 Å². The molecule has 0 aliphatic heterocycles.